The van der Waals surface area contributed by atoms with E-state index >= 15 is 0 Å². The van der Waals surface area contributed by atoms with Crippen LogP contribution in [0.1, 0.15) is 13.8 Å². The number of hydrogen-bond donors (Lipinski definition) is 1. The number of nitrogens with one attached hydrogen (secondary N) is 1. The van der Waals surface area contributed by atoms with Crippen molar-refractivity contribution in [2.45, 2.75) is 19.9 Å². The summed E-state index contributed by atoms with van der Waals surface area (Å²) >= 11 is 0. The van der Waals surface area contributed by atoms with E-state index in [-0.39, 0.29) is 11.9 Å². The number of amides is 1. The van der Waals surface area contributed by atoms with E-state index in [9.17, 15) is 4.79 Å². The smallest absolute Gasteiger partial charge is 0.262 e. The van der Waals surface area contributed by atoms with E-state index in [2.05, 4.69) is 17.1 Å². The van der Waals surface area contributed by atoms with Gasteiger partial charge in [-0.2, -0.15) is 5.10 Å². The highest BCUT2D eigenvalue weighted by molar-refractivity contribution is 5.96. The van der Waals surface area contributed by atoms with Gasteiger partial charge in [0.15, 0.2) is 5.84 Å². The zero-order chi connectivity index (χ0) is 12.4. The number of allylic oxidation sites excluding steroid dienone is 3. The number of amidine groups is 1. The van der Waals surface area contributed by atoms with Crippen LogP contribution >= 0.6 is 0 Å². The molecule has 2 rings (SSSR count). The number of ether oxygens (including phenoxy) is 1. The Hall–Kier alpha value is -2.04. The normalized spacial score (nSPS) is 28.4. The highest BCUT2D eigenvalue weighted by Crippen LogP contribution is 2.26. The fraction of sp³-hybridized carbons (Fsp3) is 0.333. The molecule has 1 unspecified atom stereocenters. The Labute approximate surface area is 100 Å². The van der Waals surface area contributed by atoms with Gasteiger partial charge in [-0.25, -0.2) is 5.43 Å². The topological polar surface area (TPSA) is 53.9 Å². The predicted molar refractivity (Wildman–Crippen MR) is 64.9 cm³/mol. The van der Waals surface area contributed by atoms with Gasteiger partial charge < -0.3 is 9.64 Å². The van der Waals surface area contributed by atoms with Crippen molar-refractivity contribution in [1.82, 2.24) is 10.3 Å². The minimum Gasteiger partial charge on any atom is -0.484 e. The molecule has 1 fully saturated rings. The molecule has 90 valence electrons. The lowest BCUT2D eigenvalue weighted by Gasteiger charge is -2.39. The second-order valence-corrected chi connectivity index (χ2v) is 3.78. The lowest BCUT2D eigenvalue weighted by molar-refractivity contribution is -0.125. The van der Waals surface area contributed by atoms with Gasteiger partial charge in [0, 0.05) is 0 Å². The van der Waals surface area contributed by atoms with E-state index in [1.807, 2.05) is 30.9 Å². The number of carbonyl (C=O) groups excluding carboxylic acids is 1. The van der Waals surface area contributed by atoms with Crippen LogP contribution in [0, 0.1) is 0 Å². The molecule has 0 aromatic carbocycles. The molecule has 0 aromatic rings. The molecular formula is C12H15N3O2. The molecule has 0 aromatic heterocycles. The van der Waals surface area contributed by atoms with Gasteiger partial charge >= 0.3 is 0 Å². The maximum Gasteiger partial charge on any atom is 0.262 e. The van der Waals surface area contributed by atoms with Crippen LogP contribution in [0.5, 0.6) is 0 Å². The molecule has 0 saturated carbocycles. The van der Waals surface area contributed by atoms with Crippen LogP contribution in [0.4, 0.5) is 0 Å². The Morgan fingerprint density at radius 2 is 2.41 bits per heavy atom. The molecule has 5 heteroatoms. The molecule has 1 amide bonds. The summed E-state index contributed by atoms with van der Waals surface area (Å²) in [5.74, 6) is 1.32. The lowest BCUT2D eigenvalue weighted by Crippen LogP contribution is -2.54. The molecule has 0 spiro atoms. The summed E-state index contributed by atoms with van der Waals surface area (Å²) in [6.07, 6.45) is 5.36. The summed E-state index contributed by atoms with van der Waals surface area (Å²) in [5.41, 5.74) is 3.30. The van der Waals surface area contributed by atoms with Gasteiger partial charge in [0.25, 0.3) is 5.91 Å². The van der Waals surface area contributed by atoms with E-state index in [0.717, 1.165) is 11.5 Å². The van der Waals surface area contributed by atoms with Crippen LogP contribution in [-0.2, 0) is 9.53 Å². The quantitative estimate of drug-likeness (QED) is 0.738. The van der Waals surface area contributed by atoms with E-state index in [1.165, 1.54) is 0 Å². The Kier molecular flexibility index (Phi) is 2.99. The van der Waals surface area contributed by atoms with E-state index in [1.54, 1.807) is 6.08 Å². The second-order valence-electron chi connectivity index (χ2n) is 3.78. The average molecular weight is 233 g/mol. The molecule has 2 heterocycles. The summed E-state index contributed by atoms with van der Waals surface area (Å²) in [6, 6.07) is -0.299. The van der Waals surface area contributed by atoms with Crippen molar-refractivity contribution in [1.29, 1.82) is 0 Å². The molecule has 1 N–H and O–H groups in total. The molecule has 2 aliphatic rings. The van der Waals surface area contributed by atoms with Gasteiger partial charge in [-0.3, -0.25) is 4.79 Å². The van der Waals surface area contributed by atoms with Crippen molar-refractivity contribution in [3.8, 4) is 0 Å². The average Bonchev–Trinajstić information content (AvgIpc) is 2.34. The van der Waals surface area contributed by atoms with Crippen LogP contribution in [-0.4, -0.2) is 29.3 Å². The van der Waals surface area contributed by atoms with Gasteiger partial charge in [0.05, 0.1) is 5.70 Å². The lowest BCUT2D eigenvalue weighted by atomic mass is 10.1. The maximum atomic E-state index is 11.6. The molecule has 0 bridgehead atoms. The number of fused-ring (bicyclic) bond motifs is 1. The van der Waals surface area contributed by atoms with Gasteiger partial charge in [-0.1, -0.05) is 12.7 Å². The van der Waals surface area contributed by atoms with E-state index in [0.29, 0.717) is 12.4 Å². The number of morpholine rings is 1. The molecule has 1 saturated heterocycles. The Morgan fingerprint density at radius 3 is 3.06 bits per heavy atom. The summed E-state index contributed by atoms with van der Waals surface area (Å²) < 4.78 is 5.57. The number of nitrogens with zero attached hydrogens (tertiary/aromatic N) is 2. The van der Waals surface area contributed by atoms with Crippen molar-refractivity contribution in [2.75, 3.05) is 6.61 Å². The number of rotatable bonds is 1. The number of hydrazone groups is 1. The molecule has 0 radical (unpaired) electrons. The first kappa shape index (κ1) is 11.4. The van der Waals surface area contributed by atoms with Crippen molar-refractivity contribution < 1.29 is 9.53 Å². The predicted octanol–water partition coefficient (Wildman–Crippen LogP) is 1.12. The summed E-state index contributed by atoms with van der Waals surface area (Å²) in [5, 5.41) is 4.00. The van der Waals surface area contributed by atoms with Gasteiger partial charge in [0.1, 0.15) is 18.4 Å². The van der Waals surface area contributed by atoms with Crippen molar-refractivity contribution in [2.24, 2.45) is 5.10 Å². The maximum absolute atomic E-state index is 11.6. The van der Waals surface area contributed by atoms with Crippen LogP contribution in [0.15, 0.2) is 41.4 Å². The third kappa shape index (κ3) is 1.84. The standard InChI is InChI=1S/C12H15N3O2/c1-4-6-9-10(5-2)17-7-11-13-14-12(16)8(3)15(9)11/h4-6,8H,1,7H2,2-3H3,(H,14,16). The fourth-order valence-corrected chi connectivity index (χ4v) is 1.90. The Morgan fingerprint density at radius 1 is 1.65 bits per heavy atom. The zero-order valence-corrected chi connectivity index (χ0v) is 9.93. The first-order valence-electron chi connectivity index (χ1n) is 5.47. The van der Waals surface area contributed by atoms with Crippen LogP contribution in [0.2, 0.25) is 0 Å². The molecule has 5 nitrogen and oxygen atoms in total. The highest BCUT2D eigenvalue weighted by Gasteiger charge is 2.36. The monoisotopic (exact) mass is 233 g/mol. The third-order valence-electron chi connectivity index (χ3n) is 2.75. The first-order chi connectivity index (χ1) is 8.19. The van der Waals surface area contributed by atoms with Gasteiger partial charge in [0.2, 0.25) is 0 Å². The third-order valence-corrected chi connectivity index (χ3v) is 2.75. The molecule has 17 heavy (non-hydrogen) atoms. The van der Waals surface area contributed by atoms with E-state index < -0.39 is 0 Å². The number of hydrogen-bond acceptors (Lipinski definition) is 4. The molecule has 1 atom stereocenters. The minimum absolute atomic E-state index is 0.124. The summed E-state index contributed by atoms with van der Waals surface area (Å²) in [7, 11) is 0. The van der Waals surface area contributed by atoms with E-state index in [4.69, 9.17) is 4.74 Å². The van der Waals surface area contributed by atoms with Crippen molar-refractivity contribution in [3.63, 3.8) is 0 Å². The Balaban J connectivity index is 2.47. The van der Waals surface area contributed by atoms with Crippen LogP contribution < -0.4 is 5.43 Å². The van der Waals surface area contributed by atoms with Crippen molar-refractivity contribution in [3.05, 3.63) is 36.3 Å². The SMILES string of the molecule is C=CC=C1C(=CC)OCC2=NNC(=O)C(C)N12. The highest BCUT2D eigenvalue weighted by atomic mass is 16.5. The van der Waals surface area contributed by atoms with Gasteiger partial charge in [-0.15, -0.1) is 0 Å². The van der Waals surface area contributed by atoms with Crippen LogP contribution in [0.3, 0.4) is 0 Å². The molecule has 0 aliphatic carbocycles. The second kappa shape index (κ2) is 4.45. The Bertz CT molecular complexity index is 449. The van der Waals surface area contributed by atoms with Crippen LogP contribution in [0.25, 0.3) is 0 Å². The fourth-order valence-electron chi connectivity index (χ4n) is 1.90. The van der Waals surface area contributed by atoms with Gasteiger partial charge in [-0.05, 0) is 26.0 Å². The largest absolute Gasteiger partial charge is 0.484 e. The molecule has 2 aliphatic heterocycles. The first-order valence-corrected chi connectivity index (χ1v) is 5.47. The zero-order valence-electron chi connectivity index (χ0n) is 9.93. The summed E-state index contributed by atoms with van der Waals surface area (Å²) in [4.78, 5) is 13.5. The molecular weight excluding hydrogens is 218 g/mol. The summed E-state index contributed by atoms with van der Waals surface area (Å²) in [6.45, 7) is 7.76. The van der Waals surface area contributed by atoms with Crippen molar-refractivity contribution >= 4 is 11.7 Å². The minimum atomic E-state index is -0.299. The number of carbonyl (C=O) groups is 1.